The molecule has 24 heavy (non-hydrogen) atoms. The Morgan fingerprint density at radius 2 is 1.88 bits per heavy atom. The molecule has 5 nitrogen and oxygen atoms in total. The molecule has 6 heteroatoms. The number of hydrogen-bond acceptors (Lipinski definition) is 5. The second-order valence-corrected chi connectivity index (χ2v) is 6.46. The third-order valence-electron chi connectivity index (χ3n) is 3.66. The van der Waals surface area contributed by atoms with Gasteiger partial charge < -0.3 is 10.3 Å². The van der Waals surface area contributed by atoms with Crippen molar-refractivity contribution in [3.8, 4) is 10.6 Å². The van der Waals surface area contributed by atoms with Crippen LogP contribution >= 0.6 is 11.3 Å². The van der Waals surface area contributed by atoms with Crippen LogP contribution in [0, 0.1) is 6.92 Å². The van der Waals surface area contributed by atoms with Gasteiger partial charge in [0.1, 0.15) is 5.01 Å². The van der Waals surface area contributed by atoms with Crippen molar-refractivity contribution in [2.24, 2.45) is 0 Å². The topological polar surface area (TPSA) is 70.7 Å². The maximum atomic E-state index is 12.2. The van der Waals surface area contributed by atoms with Crippen molar-refractivity contribution >= 4 is 33.1 Å². The van der Waals surface area contributed by atoms with Crippen LogP contribution in [0.5, 0.6) is 0 Å². The van der Waals surface area contributed by atoms with Crippen LogP contribution in [0.2, 0.25) is 0 Å². The molecular weight excluding hydrogens is 320 g/mol. The molecular formula is C18H14N4OS. The minimum Gasteiger partial charge on any atom is -0.358 e. The highest BCUT2D eigenvalue weighted by molar-refractivity contribution is 7.18. The van der Waals surface area contributed by atoms with Crippen molar-refractivity contribution in [1.29, 1.82) is 0 Å². The third-order valence-corrected chi connectivity index (χ3v) is 4.55. The van der Waals surface area contributed by atoms with Crippen LogP contribution in [0.1, 0.15) is 5.69 Å². The van der Waals surface area contributed by atoms with Crippen LogP contribution < -0.4 is 10.7 Å². The summed E-state index contributed by atoms with van der Waals surface area (Å²) < 4.78 is 0. The van der Waals surface area contributed by atoms with Crippen LogP contribution in [0.25, 0.3) is 21.5 Å². The smallest absolute Gasteiger partial charge is 0.210 e. The Kier molecular flexibility index (Phi) is 3.59. The van der Waals surface area contributed by atoms with Crippen molar-refractivity contribution in [3.63, 3.8) is 0 Å². The predicted molar refractivity (Wildman–Crippen MR) is 97.9 cm³/mol. The van der Waals surface area contributed by atoms with Gasteiger partial charge in [0.05, 0.1) is 0 Å². The molecule has 0 radical (unpaired) electrons. The van der Waals surface area contributed by atoms with E-state index in [0.717, 1.165) is 27.5 Å². The third kappa shape index (κ3) is 2.79. The number of pyridine rings is 1. The number of nitrogens with one attached hydrogen (secondary N) is 2. The number of aryl methyl sites for hydroxylation is 1. The Hall–Kier alpha value is -2.99. The van der Waals surface area contributed by atoms with Gasteiger partial charge in [-0.15, -0.1) is 10.2 Å². The second-order valence-electron chi connectivity index (χ2n) is 5.48. The lowest BCUT2D eigenvalue weighted by molar-refractivity contribution is 1.10. The molecule has 118 valence electrons. The molecule has 2 aromatic carbocycles. The fraction of sp³-hybridized carbons (Fsp3) is 0.0556. The first-order chi connectivity index (χ1) is 11.7. The summed E-state index contributed by atoms with van der Waals surface area (Å²) in [7, 11) is 0. The fourth-order valence-corrected chi connectivity index (χ4v) is 3.31. The number of aromatic amines is 1. The molecule has 0 saturated carbocycles. The standard InChI is InChI=1S/C18H14N4OS/c1-11-9-16(23)14-10-12(7-8-15(14)19-11)17-21-22-18(24-17)20-13-5-3-2-4-6-13/h2-10H,1H3,(H,19,23)(H,20,22). The van der Waals surface area contributed by atoms with Gasteiger partial charge in [0.2, 0.25) is 5.13 Å². The van der Waals surface area contributed by atoms with Gasteiger partial charge >= 0.3 is 0 Å². The van der Waals surface area contributed by atoms with Gasteiger partial charge in [0, 0.05) is 33.9 Å². The van der Waals surface area contributed by atoms with E-state index in [4.69, 9.17) is 0 Å². The Labute approximate surface area is 142 Å². The van der Waals surface area contributed by atoms with Crippen LogP contribution in [-0.4, -0.2) is 15.2 Å². The van der Waals surface area contributed by atoms with E-state index in [2.05, 4.69) is 20.5 Å². The predicted octanol–water partition coefficient (Wildman–Crippen LogP) is 4.10. The lowest BCUT2D eigenvalue weighted by Crippen LogP contribution is -2.02. The van der Waals surface area contributed by atoms with E-state index in [9.17, 15) is 4.79 Å². The molecule has 2 N–H and O–H groups in total. The van der Waals surface area contributed by atoms with Crippen molar-refractivity contribution in [2.75, 3.05) is 5.32 Å². The first-order valence-corrected chi connectivity index (χ1v) is 8.30. The highest BCUT2D eigenvalue weighted by Gasteiger charge is 2.09. The maximum absolute atomic E-state index is 12.2. The molecule has 0 aliphatic carbocycles. The normalized spacial score (nSPS) is 10.9. The lowest BCUT2D eigenvalue weighted by Gasteiger charge is -2.02. The molecule has 0 aliphatic rings. The van der Waals surface area contributed by atoms with Crippen molar-refractivity contribution < 1.29 is 0 Å². The summed E-state index contributed by atoms with van der Waals surface area (Å²) >= 11 is 1.45. The molecule has 0 fully saturated rings. The van der Waals surface area contributed by atoms with Gasteiger partial charge in [-0.3, -0.25) is 4.79 Å². The lowest BCUT2D eigenvalue weighted by atomic mass is 10.1. The number of para-hydroxylation sites is 1. The van der Waals surface area contributed by atoms with E-state index in [-0.39, 0.29) is 5.43 Å². The van der Waals surface area contributed by atoms with E-state index in [1.54, 1.807) is 6.07 Å². The van der Waals surface area contributed by atoms with Crippen molar-refractivity contribution in [2.45, 2.75) is 6.92 Å². The minimum atomic E-state index is 0.00949. The van der Waals surface area contributed by atoms with E-state index in [1.807, 2.05) is 55.5 Å². The molecule has 4 rings (SSSR count). The summed E-state index contributed by atoms with van der Waals surface area (Å²) in [5.74, 6) is 0. The Morgan fingerprint density at radius 1 is 1.04 bits per heavy atom. The van der Waals surface area contributed by atoms with Gasteiger partial charge in [0.25, 0.3) is 0 Å². The molecule has 0 atom stereocenters. The molecule has 0 saturated heterocycles. The van der Waals surface area contributed by atoms with Crippen LogP contribution in [0.4, 0.5) is 10.8 Å². The highest BCUT2D eigenvalue weighted by atomic mass is 32.1. The van der Waals surface area contributed by atoms with Crippen molar-refractivity contribution in [3.05, 3.63) is 70.5 Å². The molecule has 0 bridgehead atoms. The zero-order valence-electron chi connectivity index (χ0n) is 12.9. The summed E-state index contributed by atoms with van der Waals surface area (Å²) in [4.78, 5) is 15.4. The zero-order chi connectivity index (χ0) is 16.5. The van der Waals surface area contributed by atoms with Crippen molar-refractivity contribution in [1.82, 2.24) is 15.2 Å². The number of hydrogen-bond donors (Lipinski definition) is 2. The summed E-state index contributed by atoms with van der Waals surface area (Å²) in [6.07, 6.45) is 0. The summed E-state index contributed by atoms with van der Waals surface area (Å²) in [6.45, 7) is 1.88. The first-order valence-electron chi connectivity index (χ1n) is 7.49. The molecule has 2 aromatic heterocycles. The average Bonchev–Trinajstić information content (AvgIpc) is 3.04. The van der Waals surface area contributed by atoms with Crippen LogP contribution in [0.3, 0.4) is 0 Å². The zero-order valence-corrected chi connectivity index (χ0v) is 13.7. The number of aromatic nitrogens is 3. The van der Waals surface area contributed by atoms with E-state index < -0.39 is 0 Å². The van der Waals surface area contributed by atoms with E-state index in [1.165, 1.54) is 11.3 Å². The quantitative estimate of drug-likeness (QED) is 0.592. The molecule has 0 aliphatic heterocycles. The Balaban J connectivity index is 1.69. The number of H-pyrrole nitrogens is 1. The van der Waals surface area contributed by atoms with Gasteiger partial charge in [-0.05, 0) is 37.3 Å². The molecule has 2 heterocycles. The van der Waals surface area contributed by atoms with Gasteiger partial charge in [0.15, 0.2) is 5.43 Å². The highest BCUT2D eigenvalue weighted by Crippen LogP contribution is 2.29. The Morgan fingerprint density at radius 3 is 2.71 bits per heavy atom. The average molecular weight is 334 g/mol. The number of anilines is 2. The number of nitrogens with zero attached hydrogens (tertiary/aromatic N) is 2. The molecule has 0 spiro atoms. The second kappa shape index (κ2) is 5.90. The van der Waals surface area contributed by atoms with Crippen LogP contribution in [0.15, 0.2) is 59.4 Å². The molecule has 0 amide bonds. The van der Waals surface area contributed by atoms with Crippen LogP contribution in [-0.2, 0) is 0 Å². The number of rotatable bonds is 3. The fourth-order valence-electron chi connectivity index (χ4n) is 2.55. The van der Waals surface area contributed by atoms with E-state index in [0.29, 0.717) is 10.5 Å². The number of fused-ring (bicyclic) bond motifs is 1. The largest absolute Gasteiger partial charge is 0.358 e. The minimum absolute atomic E-state index is 0.00949. The summed E-state index contributed by atoms with van der Waals surface area (Å²) in [5.41, 5.74) is 3.54. The Bertz CT molecular complexity index is 1070. The van der Waals surface area contributed by atoms with Gasteiger partial charge in [-0.1, -0.05) is 29.5 Å². The summed E-state index contributed by atoms with van der Waals surface area (Å²) in [6, 6.07) is 17.1. The SMILES string of the molecule is Cc1cc(=O)c2cc(-c3nnc(Nc4ccccc4)s3)ccc2[nH]1. The van der Waals surface area contributed by atoms with Gasteiger partial charge in [-0.2, -0.15) is 0 Å². The molecule has 4 aromatic rings. The number of benzene rings is 2. The van der Waals surface area contributed by atoms with E-state index >= 15 is 0 Å². The first kappa shape index (κ1) is 14.6. The monoisotopic (exact) mass is 334 g/mol. The summed E-state index contributed by atoms with van der Waals surface area (Å²) in [5, 5.41) is 13.8. The molecule has 0 unspecified atom stereocenters. The van der Waals surface area contributed by atoms with Gasteiger partial charge in [-0.25, -0.2) is 0 Å². The maximum Gasteiger partial charge on any atom is 0.210 e.